The number of pyridine rings is 1. The predicted octanol–water partition coefficient (Wildman–Crippen LogP) is 1.70. The summed E-state index contributed by atoms with van der Waals surface area (Å²) in [6.07, 6.45) is 3.04. The van der Waals surface area contributed by atoms with Gasteiger partial charge in [-0.05, 0) is 12.1 Å². The van der Waals surface area contributed by atoms with Gasteiger partial charge >= 0.3 is 6.01 Å². The number of hydrogen-bond acceptors (Lipinski definition) is 9. The minimum atomic E-state index is -0.423. The van der Waals surface area contributed by atoms with E-state index < -0.39 is 5.78 Å². The third-order valence-corrected chi connectivity index (χ3v) is 3.51. The second-order valence-electron chi connectivity index (χ2n) is 5.51. The number of imidazole rings is 1. The Bertz CT molecular complexity index is 920. The lowest BCUT2D eigenvalue weighted by atomic mass is 10.2. The predicted molar refractivity (Wildman–Crippen MR) is 95.8 cm³/mol. The molecule has 3 heterocycles. The summed E-state index contributed by atoms with van der Waals surface area (Å²) in [5.74, 6) is 1.00. The number of rotatable bonds is 7. The fraction of sp³-hybridized carbons (Fsp3) is 0.235. The minimum absolute atomic E-state index is 0.0425. The molecule has 0 atom stereocenters. The maximum atomic E-state index is 12.8. The quantitative estimate of drug-likeness (QED) is 0.620. The van der Waals surface area contributed by atoms with E-state index in [4.69, 9.17) is 14.2 Å². The first-order valence-corrected chi connectivity index (χ1v) is 7.89. The van der Waals surface area contributed by atoms with E-state index in [2.05, 4.69) is 24.9 Å². The molecule has 10 nitrogen and oxygen atoms in total. The van der Waals surface area contributed by atoms with E-state index in [9.17, 15) is 4.79 Å². The third kappa shape index (κ3) is 3.94. The van der Waals surface area contributed by atoms with Crippen LogP contribution in [0, 0.1) is 0 Å². The number of carbonyl (C=O) groups excluding carboxylic acids is 1. The van der Waals surface area contributed by atoms with Crippen molar-refractivity contribution in [2.45, 2.75) is 0 Å². The number of nitrogens with zero attached hydrogens (tertiary/aromatic N) is 5. The van der Waals surface area contributed by atoms with E-state index in [0.29, 0.717) is 5.82 Å². The summed E-state index contributed by atoms with van der Waals surface area (Å²) in [7, 11) is 6.57. The van der Waals surface area contributed by atoms with Crippen LogP contribution >= 0.6 is 0 Å². The van der Waals surface area contributed by atoms with E-state index in [1.54, 1.807) is 23.2 Å². The Hall–Kier alpha value is -3.69. The van der Waals surface area contributed by atoms with Gasteiger partial charge < -0.3 is 24.1 Å². The Kier molecular flexibility index (Phi) is 5.15. The summed E-state index contributed by atoms with van der Waals surface area (Å²) in [4.78, 5) is 33.9. The molecule has 0 aromatic carbocycles. The first-order valence-electron chi connectivity index (χ1n) is 7.89. The fourth-order valence-corrected chi connectivity index (χ4v) is 2.17. The lowest BCUT2D eigenvalue weighted by molar-refractivity contribution is 0.102. The van der Waals surface area contributed by atoms with E-state index in [1.165, 1.54) is 26.5 Å². The molecule has 0 amide bonds. The minimum Gasteiger partial charge on any atom is -0.481 e. The van der Waals surface area contributed by atoms with Crippen LogP contribution in [0.15, 0.2) is 30.6 Å². The van der Waals surface area contributed by atoms with Crippen molar-refractivity contribution in [3.8, 4) is 23.5 Å². The summed E-state index contributed by atoms with van der Waals surface area (Å²) >= 11 is 0. The summed E-state index contributed by atoms with van der Waals surface area (Å²) in [5.41, 5.74) is 0.0709. The van der Waals surface area contributed by atoms with Crippen LogP contribution < -0.4 is 19.1 Å². The monoisotopic (exact) mass is 370 g/mol. The van der Waals surface area contributed by atoms with Crippen LogP contribution in [0.3, 0.4) is 0 Å². The molecule has 0 unspecified atom stereocenters. The molecule has 27 heavy (non-hydrogen) atoms. The molecule has 140 valence electrons. The van der Waals surface area contributed by atoms with Crippen LogP contribution in [0.25, 0.3) is 0 Å². The number of nitrogens with one attached hydrogen (secondary N) is 1. The fourth-order valence-electron chi connectivity index (χ4n) is 2.17. The SMILES string of the molecule is COc1cc(OC)nc(Oc2ccc(N(C)C)nc2C(=O)c2ncc[nH]2)n1. The normalized spacial score (nSPS) is 10.4. The highest BCUT2D eigenvalue weighted by atomic mass is 16.5. The van der Waals surface area contributed by atoms with E-state index in [1.807, 2.05) is 14.1 Å². The zero-order chi connectivity index (χ0) is 19.4. The summed E-state index contributed by atoms with van der Waals surface area (Å²) in [6, 6.07) is 4.80. The number of methoxy groups -OCH3 is 2. The molecular weight excluding hydrogens is 352 g/mol. The number of H-pyrrole nitrogens is 1. The van der Waals surface area contributed by atoms with Crippen LogP contribution in [0.5, 0.6) is 23.5 Å². The van der Waals surface area contributed by atoms with Crippen LogP contribution in [0.1, 0.15) is 16.3 Å². The molecule has 0 saturated carbocycles. The first-order chi connectivity index (χ1) is 13.0. The van der Waals surface area contributed by atoms with Gasteiger partial charge in [0.05, 0.1) is 20.3 Å². The average Bonchev–Trinajstić information content (AvgIpc) is 3.22. The summed E-state index contributed by atoms with van der Waals surface area (Å²) < 4.78 is 15.9. The van der Waals surface area contributed by atoms with Gasteiger partial charge in [0.15, 0.2) is 17.3 Å². The molecule has 0 radical (unpaired) electrons. The van der Waals surface area contributed by atoms with Crippen LogP contribution in [0.4, 0.5) is 5.82 Å². The first kappa shape index (κ1) is 18.1. The van der Waals surface area contributed by atoms with Gasteiger partial charge in [0.25, 0.3) is 0 Å². The Labute approximate surface area is 155 Å². The van der Waals surface area contributed by atoms with Crippen molar-refractivity contribution in [2.75, 3.05) is 33.2 Å². The molecule has 3 aromatic heterocycles. The van der Waals surface area contributed by atoms with Gasteiger partial charge in [-0.15, -0.1) is 0 Å². The Morgan fingerprint density at radius 3 is 2.33 bits per heavy atom. The van der Waals surface area contributed by atoms with Gasteiger partial charge in [0.2, 0.25) is 17.5 Å². The highest BCUT2D eigenvalue weighted by Gasteiger charge is 2.21. The Balaban J connectivity index is 2.03. The van der Waals surface area contributed by atoms with Crippen molar-refractivity contribution in [3.63, 3.8) is 0 Å². The molecule has 0 aliphatic rings. The molecule has 10 heteroatoms. The van der Waals surface area contributed by atoms with Crippen LogP contribution in [-0.4, -0.2) is 59.0 Å². The molecule has 0 bridgehead atoms. The molecule has 0 fully saturated rings. The lowest BCUT2D eigenvalue weighted by Crippen LogP contribution is -2.15. The molecule has 0 spiro atoms. The number of ketones is 1. The molecule has 1 N–H and O–H groups in total. The highest BCUT2D eigenvalue weighted by molar-refractivity contribution is 6.07. The smallest absolute Gasteiger partial charge is 0.328 e. The molecule has 3 aromatic rings. The summed E-state index contributed by atoms with van der Waals surface area (Å²) in [6.45, 7) is 0. The zero-order valence-electron chi connectivity index (χ0n) is 15.3. The molecule has 0 saturated heterocycles. The second kappa shape index (κ2) is 7.68. The number of ether oxygens (including phenoxy) is 3. The Morgan fingerprint density at radius 1 is 1.07 bits per heavy atom. The van der Waals surface area contributed by atoms with E-state index in [-0.39, 0.29) is 35.0 Å². The van der Waals surface area contributed by atoms with Gasteiger partial charge in [-0.25, -0.2) is 9.97 Å². The number of carbonyl (C=O) groups is 1. The number of aromatic nitrogens is 5. The van der Waals surface area contributed by atoms with Crippen molar-refractivity contribution < 1.29 is 19.0 Å². The van der Waals surface area contributed by atoms with Crippen molar-refractivity contribution in [1.29, 1.82) is 0 Å². The van der Waals surface area contributed by atoms with Gasteiger partial charge in [-0.3, -0.25) is 4.79 Å². The van der Waals surface area contributed by atoms with Gasteiger partial charge in [-0.2, -0.15) is 9.97 Å². The van der Waals surface area contributed by atoms with E-state index >= 15 is 0 Å². The third-order valence-electron chi connectivity index (χ3n) is 3.51. The van der Waals surface area contributed by atoms with Gasteiger partial charge in [0.1, 0.15) is 5.82 Å². The molecule has 0 aliphatic heterocycles. The molecule has 3 rings (SSSR count). The topological polar surface area (TPSA) is 115 Å². The Morgan fingerprint density at radius 2 is 1.78 bits per heavy atom. The molecular formula is C17H18N6O4. The number of anilines is 1. The lowest BCUT2D eigenvalue weighted by Gasteiger charge is -2.14. The zero-order valence-corrected chi connectivity index (χ0v) is 15.3. The number of aromatic amines is 1. The highest BCUT2D eigenvalue weighted by Crippen LogP contribution is 2.28. The van der Waals surface area contributed by atoms with Crippen molar-refractivity contribution in [2.24, 2.45) is 0 Å². The standard InChI is InChI=1S/C17H18N6O4/c1-23(2)11-6-5-10(14(20-11)15(24)16-18-7-8-19-16)27-17-21-12(25-3)9-13(22-17)26-4/h5-9H,1-4H3,(H,18,19). The van der Waals surface area contributed by atoms with Crippen LogP contribution in [-0.2, 0) is 0 Å². The van der Waals surface area contributed by atoms with Crippen molar-refractivity contribution >= 4 is 11.6 Å². The maximum absolute atomic E-state index is 12.8. The largest absolute Gasteiger partial charge is 0.481 e. The van der Waals surface area contributed by atoms with Gasteiger partial charge in [0, 0.05) is 26.5 Å². The second-order valence-corrected chi connectivity index (χ2v) is 5.51. The van der Waals surface area contributed by atoms with Crippen molar-refractivity contribution in [3.05, 3.63) is 42.1 Å². The number of hydrogen-bond donors (Lipinski definition) is 1. The van der Waals surface area contributed by atoms with Crippen LogP contribution in [0.2, 0.25) is 0 Å². The summed E-state index contributed by atoms with van der Waals surface area (Å²) in [5, 5.41) is 0. The average molecular weight is 370 g/mol. The maximum Gasteiger partial charge on any atom is 0.328 e. The van der Waals surface area contributed by atoms with Crippen molar-refractivity contribution in [1.82, 2.24) is 24.9 Å². The van der Waals surface area contributed by atoms with E-state index in [0.717, 1.165) is 0 Å². The molecule has 0 aliphatic carbocycles. The van der Waals surface area contributed by atoms with Gasteiger partial charge in [-0.1, -0.05) is 0 Å².